The molecule has 2 unspecified atom stereocenters. The highest BCUT2D eigenvalue weighted by Gasteiger charge is 2.20. The molecule has 2 atom stereocenters. The Morgan fingerprint density at radius 2 is 2.12 bits per heavy atom. The molecule has 0 aliphatic heterocycles. The summed E-state index contributed by atoms with van der Waals surface area (Å²) in [4.78, 5) is 0. The molecule has 0 amide bonds. The quantitative estimate of drug-likeness (QED) is 0.772. The minimum Gasteiger partial charge on any atom is -0.490 e. The van der Waals surface area contributed by atoms with E-state index in [-0.39, 0.29) is 0 Å². The van der Waals surface area contributed by atoms with E-state index in [2.05, 4.69) is 6.92 Å². The number of anilines is 1. The first-order valence-corrected chi connectivity index (χ1v) is 6.18. The molecule has 2 rings (SSSR count). The van der Waals surface area contributed by atoms with E-state index < -0.39 is 0 Å². The monoisotopic (exact) mass is 219 g/mol. The van der Waals surface area contributed by atoms with Crippen LogP contribution in [0.25, 0.3) is 0 Å². The van der Waals surface area contributed by atoms with Gasteiger partial charge in [-0.3, -0.25) is 0 Å². The average Bonchev–Trinajstić information content (AvgIpc) is 2.24. The van der Waals surface area contributed by atoms with Crippen LogP contribution in [0, 0.1) is 12.8 Å². The molecule has 88 valence electrons. The zero-order chi connectivity index (χ0) is 11.5. The van der Waals surface area contributed by atoms with Gasteiger partial charge in [-0.2, -0.15) is 0 Å². The Kier molecular flexibility index (Phi) is 3.37. The van der Waals surface area contributed by atoms with Gasteiger partial charge in [0.25, 0.3) is 0 Å². The fourth-order valence-corrected chi connectivity index (χ4v) is 2.40. The standard InChI is InChI=1S/C14H21NO/c1-10-4-3-5-12(8-10)16-13-6-7-14(15)11(2)9-13/h6-7,9-10,12H,3-5,8,15H2,1-2H3. The third kappa shape index (κ3) is 2.69. The highest BCUT2D eigenvalue weighted by molar-refractivity contribution is 5.49. The average molecular weight is 219 g/mol. The van der Waals surface area contributed by atoms with Crippen molar-refractivity contribution in [2.75, 3.05) is 5.73 Å². The maximum atomic E-state index is 6.01. The van der Waals surface area contributed by atoms with Crippen LogP contribution >= 0.6 is 0 Å². The molecule has 0 aromatic heterocycles. The maximum absolute atomic E-state index is 6.01. The molecule has 0 bridgehead atoms. The number of aryl methyl sites for hydroxylation is 1. The van der Waals surface area contributed by atoms with Gasteiger partial charge < -0.3 is 10.5 Å². The zero-order valence-corrected chi connectivity index (χ0v) is 10.2. The molecule has 1 aromatic rings. The van der Waals surface area contributed by atoms with Crippen molar-refractivity contribution in [3.63, 3.8) is 0 Å². The van der Waals surface area contributed by atoms with Gasteiger partial charge in [0, 0.05) is 5.69 Å². The number of benzene rings is 1. The van der Waals surface area contributed by atoms with Crippen LogP contribution in [0.1, 0.15) is 38.2 Å². The minimum absolute atomic E-state index is 0.395. The second-order valence-corrected chi connectivity index (χ2v) is 5.03. The summed E-state index contributed by atoms with van der Waals surface area (Å²) in [5, 5.41) is 0. The summed E-state index contributed by atoms with van der Waals surface area (Å²) in [6, 6.07) is 5.94. The molecule has 16 heavy (non-hydrogen) atoms. The molecule has 0 saturated heterocycles. The Morgan fingerprint density at radius 3 is 2.81 bits per heavy atom. The van der Waals surface area contributed by atoms with Crippen molar-refractivity contribution in [1.82, 2.24) is 0 Å². The maximum Gasteiger partial charge on any atom is 0.120 e. The van der Waals surface area contributed by atoms with E-state index in [1.807, 2.05) is 25.1 Å². The Morgan fingerprint density at radius 1 is 1.31 bits per heavy atom. The van der Waals surface area contributed by atoms with Gasteiger partial charge in [0.05, 0.1) is 6.10 Å². The number of hydrogen-bond donors (Lipinski definition) is 1. The third-order valence-electron chi connectivity index (χ3n) is 3.43. The largest absolute Gasteiger partial charge is 0.490 e. The summed E-state index contributed by atoms with van der Waals surface area (Å²) in [6.07, 6.45) is 5.41. The molecule has 1 aromatic carbocycles. The van der Waals surface area contributed by atoms with Crippen molar-refractivity contribution in [3.8, 4) is 5.75 Å². The van der Waals surface area contributed by atoms with Crippen molar-refractivity contribution in [2.45, 2.75) is 45.6 Å². The third-order valence-corrected chi connectivity index (χ3v) is 3.43. The van der Waals surface area contributed by atoms with Crippen LogP contribution in [0.15, 0.2) is 18.2 Å². The van der Waals surface area contributed by atoms with Gasteiger partial charge in [-0.1, -0.05) is 13.3 Å². The first-order chi connectivity index (χ1) is 7.65. The van der Waals surface area contributed by atoms with Crippen molar-refractivity contribution in [3.05, 3.63) is 23.8 Å². The van der Waals surface area contributed by atoms with E-state index in [0.717, 1.165) is 22.9 Å². The van der Waals surface area contributed by atoms with Crippen LogP contribution in [-0.2, 0) is 0 Å². The molecule has 2 N–H and O–H groups in total. The van der Waals surface area contributed by atoms with Crippen molar-refractivity contribution >= 4 is 5.69 Å². The van der Waals surface area contributed by atoms with E-state index in [9.17, 15) is 0 Å². The van der Waals surface area contributed by atoms with Crippen LogP contribution in [0.4, 0.5) is 5.69 Å². The Balaban J connectivity index is 2.00. The minimum atomic E-state index is 0.395. The molecule has 1 saturated carbocycles. The molecule has 1 aliphatic rings. The summed E-state index contributed by atoms with van der Waals surface area (Å²) in [5.74, 6) is 1.76. The SMILES string of the molecule is Cc1cc(OC2CCCC(C)C2)ccc1N. The molecule has 1 aliphatic carbocycles. The summed E-state index contributed by atoms with van der Waals surface area (Å²) in [6.45, 7) is 4.33. The van der Waals surface area contributed by atoms with Crippen LogP contribution in [0.2, 0.25) is 0 Å². The lowest BCUT2D eigenvalue weighted by Gasteiger charge is -2.27. The lowest BCUT2D eigenvalue weighted by Crippen LogP contribution is -2.24. The van der Waals surface area contributed by atoms with Gasteiger partial charge in [0.1, 0.15) is 5.75 Å². The van der Waals surface area contributed by atoms with Crippen LogP contribution in [-0.4, -0.2) is 6.10 Å². The van der Waals surface area contributed by atoms with Crippen molar-refractivity contribution in [2.24, 2.45) is 5.92 Å². The lowest BCUT2D eigenvalue weighted by molar-refractivity contribution is 0.129. The Bertz CT molecular complexity index is 362. The summed E-state index contributed by atoms with van der Waals surface area (Å²) < 4.78 is 6.01. The molecule has 1 fully saturated rings. The molecule has 0 radical (unpaired) electrons. The normalized spacial score (nSPS) is 25.4. The highest BCUT2D eigenvalue weighted by atomic mass is 16.5. The predicted octanol–water partition coefficient (Wildman–Crippen LogP) is 3.53. The molecule has 0 heterocycles. The van der Waals surface area contributed by atoms with Gasteiger partial charge in [-0.25, -0.2) is 0 Å². The van der Waals surface area contributed by atoms with Crippen LogP contribution in [0.3, 0.4) is 0 Å². The van der Waals surface area contributed by atoms with Crippen molar-refractivity contribution in [1.29, 1.82) is 0 Å². The predicted molar refractivity (Wildman–Crippen MR) is 67.6 cm³/mol. The van der Waals surface area contributed by atoms with Gasteiger partial charge in [0.15, 0.2) is 0 Å². The van der Waals surface area contributed by atoms with E-state index >= 15 is 0 Å². The Labute approximate surface area is 97.8 Å². The first-order valence-electron chi connectivity index (χ1n) is 6.18. The topological polar surface area (TPSA) is 35.2 Å². The zero-order valence-electron chi connectivity index (χ0n) is 10.2. The number of nitrogen functional groups attached to an aromatic ring is 1. The van der Waals surface area contributed by atoms with Gasteiger partial charge in [-0.15, -0.1) is 0 Å². The van der Waals surface area contributed by atoms with E-state index in [1.54, 1.807) is 0 Å². The number of hydrogen-bond acceptors (Lipinski definition) is 2. The second-order valence-electron chi connectivity index (χ2n) is 5.03. The summed E-state index contributed by atoms with van der Waals surface area (Å²) >= 11 is 0. The first kappa shape index (κ1) is 11.3. The summed E-state index contributed by atoms with van der Waals surface area (Å²) in [7, 11) is 0. The molecular weight excluding hydrogens is 198 g/mol. The number of ether oxygens (including phenoxy) is 1. The molecule has 0 spiro atoms. The molecule has 2 heteroatoms. The number of rotatable bonds is 2. The van der Waals surface area contributed by atoms with E-state index in [0.29, 0.717) is 6.10 Å². The lowest BCUT2D eigenvalue weighted by atomic mass is 9.89. The molecular formula is C14H21NO. The van der Waals surface area contributed by atoms with E-state index in [1.165, 1.54) is 25.7 Å². The molecule has 2 nitrogen and oxygen atoms in total. The van der Waals surface area contributed by atoms with Crippen molar-refractivity contribution < 1.29 is 4.74 Å². The highest BCUT2D eigenvalue weighted by Crippen LogP contribution is 2.28. The van der Waals surface area contributed by atoms with Gasteiger partial charge in [-0.05, 0) is 55.9 Å². The fourth-order valence-electron chi connectivity index (χ4n) is 2.40. The van der Waals surface area contributed by atoms with Crippen LogP contribution in [0.5, 0.6) is 5.75 Å². The second kappa shape index (κ2) is 4.77. The van der Waals surface area contributed by atoms with Gasteiger partial charge >= 0.3 is 0 Å². The number of nitrogens with two attached hydrogens (primary N) is 1. The fraction of sp³-hybridized carbons (Fsp3) is 0.571. The van der Waals surface area contributed by atoms with Crippen LogP contribution < -0.4 is 10.5 Å². The van der Waals surface area contributed by atoms with Gasteiger partial charge in [0.2, 0.25) is 0 Å². The van der Waals surface area contributed by atoms with E-state index in [4.69, 9.17) is 10.5 Å². The summed E-state index contributed by atoms with van der Waals surface area (Å²) in [5.41, 5.74) is 7.72. The Hall–Kier alpha value is -1.18. The smallest absolute Gasteiger partial charge is 0.120 e.